The fourth-order valence-electron chi connectivity index (χ4n) is 3.41. The molecule has 2 heterocycles. The smallest absolute Gasteiger partial charge is 0.228 e. The Morgan fingerprint density at radius 3 is 2.47 bits per heavy atom. The van der Waals surface area contributed by atoms with Crippen molar-refractivity contribution in [2.75, 3.05) is 6.61 Å². The van der Waals surface area contributed by atoms with E-state index in [9.17, 15) is 28.5 Å². The van der Waals surface area contributed by atoms with Crippen LogP contribution in [0, 0.1) is 17.5 Å². The highest BCUT2D eigenvalue weighted by Gasteiger charge is 2.47. The van der Waals surface area contributed by atoms with Crippen LogP contribution < -0.4 is 4.74 Å². The summed E-state index contributed by atoms with van der Waals surface area (Å²) in [6.45, 7) is -0.601. The first kappa shape index (κ1) is 22.5. The van der Waals surface area contributed by atoms with Crippen molar-refractivity contribution in [2.24, 2.45) is 0 Å². The van der Waals surface area contributed by atoms with Gasteiger partial charge >= 0.3 is 0 Å². The summed E-state index contributed by atoms with van der Waals surface area (Å²) in [4.78, 5) is 0. The van der Waals surface area contributed by atoms with Gasteiger partial charge in [0.15, 0.2) is 17.5 Å². The standard InChI is InChI=1S/C20H17ClF3N3O5/c21-10-2-1-3-11(6-10)31-20-19(30)17(18(29)15(8-28)32-20)27-7-14(25-26-27)9-4-12(22)16(24)13(23)5-9/h1-7,15,17-20,28-30H,8H2/t15?,17?,18-,19?,20-/m0/s1. The topological polar surface area (TPSA) is 110 Å². The van der Waals surface area contributed by atoms with Crippen LogP contribution in [0.5, 0.6) is 5.75 Å². The third-order valence-corrected chi connectivity index (χ3v) is 5.23. The molecule has 0 amide bonds. The molecule has 3 aromatic rings. The second-order valence-corrected chi connectivity index (χ2v) is 7.55. The van der Waals surface area contributed by atoms with E-state index < -0.39 is 54.7 Å². The normalized spacial score (nSPS) is 25.7. The summed E-state index contributed by atoms with van der Waals surface area (Å²) in [6.07, 6.45) is -4.21. The van der Waals surface area contributed by atoms with Crippen LogP contribution in [0.15, 0.2) is 42.6 Å². The van der Waals surface area contributed by atoms with E-state index in [4.69, 9.17) is 21.1 Å². The molecule has 0 aliphatic carbocycles. The van der Waals surface area contributed by atoms with E-state index in [1.807, 2.05) is 0 Å². The number of aromatic nitrogens is 3. The first-order valence-corrected chi connectivity index (χ1v) is 9.77. The number of aliphatic hydroxyl groups excluding tert-OH is 3. The summed E-state index contributed by atoms with van der Waals surface area (Å²) in [5.41, 5.74) is -0.143. The molecule has 3 N–H and O–H groups in total. The number of hydrogen-bond donors (Lipinski definition) is 3. The molecule has 12 heteroatoms. The molecule has 4 rings (SSSR count). The highest BCUT2D eigenvalue weighted by molar-refractivity contribution is 6.30. The molecule has 1 aliphatic heterocycles. The van der Waals surface area contributed by atoms with Crippen molar-refractivity contribution in [2.45, 2.75) is 30.6 Å². The molecule has 1 saturated heterocycles. The number of ether oxygens (including phenoxy) is 2. The molecule has 8 nitrogen and oxygen atoms in total. The van der Waals surface area contributed by atoms with E-state index in [0.29, 0.717) is 5.02 Å². The number of nitrogens with zero attached hydrogens (tertiary/aromatic N) is 3. The largest absolute Gasteiger partial charge is 0.462 e. The van der Waals surface area contributed by atoms with Crippen LogP contribution in [0.4, 0.5) is 13.2 Å². The molecular weight excluding hydrogens is 455 g/mol. The van der Waals surface area contributed by atoms with Crippen molar-refractivity contribution < 1.29 is 38.0 Å². The Labute approximate surface area is 184 Å². The van der Waals surface area contributed by atoms with Gasteiger partial charge in [0.1, 0.15) is 35.8 Å². The minimum absolute atomic E-state index is 0.0402. The van der Waals surface area contributed by atoms with Gasteiger partial charge in [0.2, 0.25) is 6.29 Å². The average Bonchev–Trinajstić information content (AvgIpc) is 3.23. The lowest BCUT2D eigenvalue weighted by molar-refractivity contribution is -0.260. The maximum Gasteiger partial charge on any atom is 0.228 e. The maximum absolute atomic E-state index is 13.6. The SMILES string of the molecule is OCC1O[C@H](Oc2cccc(Cl)c2)C(O)C(n2cc(-c3cc(F)c(F)c(F)c3)nn2)[C@H]1O. The molecule has 0 radical (unpaired) electrons. The van der Waals surface area contributed by atoms with Crippen LogP contribution in [-0.2, 0) is 4.74 Å². The number of rotatable bonds is 5. The van der Waals surface area contributed by atoms with Gasteiger partial charge in [-0.25, -0.2) is 17.9 Å². The Morgan fingerprint density at radius 2 is 1.81 bits per heavy atom. The van der Waals surface area contributed by atoms with E-state index in [1.165, 1.54) is 12.3 Å². The van der Waals surface area contributed by atoms with Gasteiger partial charge in [-0.3, -0.25) is 0 Å². The number of hydrogen-bond acceptors (Lipinski definition) is 7. The van der Waals surface area contributed by atoms with Crippen LogP contribution in [0.3, 0.4) is 0 Å². The zero-order chi connectivity index (χ0) is 23.0. The van der Waals surface area contributed by atoms with Gasteiger partial charge in [0.05, 0.1) is 12.8 Å². The average molecular weight is 472 g/mol. The first-order valence-electron chi connectivity index (χ1n) is 9.40. The highest BCUT2D eigenvalue weighted by atomic mass is 35.5. The lowest BCUT2D eigenvalue weighted by Crippen LogP contribution is -2.57. The van der Waals surface area contributed by atoms with Crippen LogP contribution in [-0.4, -0.2) is 61.5 Å². The quantitative estimate of drug-likeness (QED) is 0.489. The number of aliphatic hydroxyl groups is 3. The lowest BCUT2D eigenvalue weighted by Gasteiger charge is -2.41. The van der Waals surface area contributed by atoms with E-state index in [1.54, 1.807) is 18.2 Å². The molecule has 3 unspecified atom stereocenters. The van der Waals surface area contributed by atoms with E-state index >= 15 is 0 Å². The van der Waals surface area contributed by atoms with Gasteiger partial charge < -0.3 is 24.8 Å². The fourth-order valence-corrected chi connectivity index (χ4v) is 3.59. The summed E-state index contributed by atoms with van der Waals surface area (Å²) in [5.74, 6) is -4.17. The molecule has 170 valence electrons. The molecule has 0 bridgehead atoms. The summed E-state index contributed by atoms with van der Waals surface area (Å²) < 4.78 is 52.6. The number of halogens is 4. The molecule has 1 aromatic heterocycles. The predicted molar refractivity (Wildman–Crippen MR) is 104 cm³/mol. The monoisotopic (exact) mass is 471 g/mol. The summed E-state index contributed by atoms with van der Waals surface area (Å²) in [5, 5.41) is 39.0. The highest BCUT2D eigenvalue weighted by Crippen LogP contribution is 2.33. The van der Waals surface area contributed by atoms with Crippen LogP contribution in [0.25, 0.3) is 11.3 Å². The molecule has 1 aliphatic rings. The van der Waals surface area contributed by atoms with Gasteiger partial charge in [-0.05, 0) is 30.3 Å². The van der Waals surface area contributed by atoms with E-state index in [-0.39, 0.29) is 17.0 Å². The van der Waals surface area contributed by atoms with Crippen LogP contribution in [0.1, 0.15) is 6.04 Å². The third kappa shape index (κ3) is 4.30. The molecule has 1 fully saturated rings. The Kier molecular flexibility index (Phi) is 6.35. The molecule has 0 spiro atoms. The van der Waals surface area contributed by atoms with Crippen LogP contribution in [0.2, 0.25) is 5.02 Å². The van der Waals surface area contributed by atoms with Crippen molar-refractivity contribution in [3.05, 3.63) is 65.1 Å². The van der Waals surface area contributed by atoms with Gasteiger partial charge in [-0.2, -0.15) is 0 Å². The second-order valence-electron chi connectivity index (χ2n) is 7.11. The minimum atomic E-state index is -1.62. The Morgan fingerprint density at radius 1 is 1.09 bits per heavy atom. The minimum Gasteiger partial charge on any atom is -0.462 e. The Balaban J connectivity index is 1.64. The second kappa shape index (κ2) is 9.04. The predicted octanol–water partition coefficient (Wildman–Crippen LogP) is 2.07. The van der Waals surface area contributed by atoms with Gasteiger partial charge in [-0.1, -0.05) is 22.9 Å². The van der Waals surface area contributed by atoms with Crippen molar-refractivity contribution in [3.8, 4) is 17.0 Å². The van der Waals surface area contributed by atoms with Crippen molar-refractivity contribution in [3.63, 3.8) is 0 Å². The molecular formula is C20H17ClF3N3O5. The first-order chi connectivity index (χ1) is 15.3. The van der Waals surface area contributed by atoms with Crippen molar-refractivity contribution in [1.82, 2.24) is 15.0 Å². The lowest BCUT2D eigenvalue weighted by atomic mass is 9.96. The van der Waals surface area contributed by atoms with Crippen molar-refractivity contribution >= 4 is 11.6 Å². The Bertz CT molecular complexity index is 1090. The van der Waals surface area contributed by atoms with E-state index in [2.05, 4.69) is 10.3 Å². The summed E-state index contributed by atoms with van der Waals surface area (Å²) >= 11 is 5.93. The number of benzene rings is 2. The van der Waals surface area contributed by atoms with Gasteiger partial charge in [0, 0.05) is 10.6 Å². The maximum atomic E-state index is 13.6. The third-order valence-electron chi connectivity index (χ3n) is 4.99. The van der Waals surface area contributed by atoms with Gasteiger partial charge in [-0.15, -0.1) is 5.10 Å². The summed E-state index contributed by atoms with van der Waals surface area (Å²) in [7, 11) is 0. The van der Waals surface area contributed by atoms with Gasteiger partial charge in [0.25, 0.3) is 0 Å². The van der Waals surface area contributed by atoms with Crippen molar-refractivity contribution in [1.29, 1.82) is 0 Å². The zero-order valence-corrected chi connectivity index (χ0v) is 16.9. The molecule has 32 heavy (non-hydrogen) atoms. The summed E-state index contributed by atoms with van der Waals surface area (Å²) in [6, 6.07) is 6.57. The van der Waals surface area contributed by atoms with Crippen LogP contribution >= 0.6 is 11.6 Å². The fraction of sp³-hybridized carbons (Fsp3) is 0.300. The molecule has 0 saturated carbocycles. The zero-order valence-electron chi connectivity index (χ0n) is 16.1. The Hall–Kier alpha value is -2.70. The van der Waals surface area contributed by atoms with E-state index in [0.717, 1.165) is 16.8 Å². The molecule has 2 aromatic carbocycles. The molecule has 5 atom stereocenters.